The summed E-state index contributed by atoms with van der Waals surface area (Å²) in [7, 11) is 0. The van der Waals surface area contributed by atoms with E-state index in [4.69, 9.17) is 0 Å². The van der Waals surface area contributed by atoms with Crippen molar-refractivity contribution in [3.05, 3.63) is 74.9 Å². The minimum Gasteiger partial charge on any atom is -0.335 e. The molecule has 4 nitrogen and oxygen atoms in total. The molecule has 26 heavy (non-hydrogen) atoms. The summed E-state index contributed by atoms with van der Waals surface area (Å²) in [4.78, 5) is 19.3. The van der Waals surface area contributed by atoms with Crippen LogP contribution in [0.1, 0.15) is 0 Å². The Balaban J connectivity index is 2.03. The number of pyridine rings is 2. The van der Waals surface area contributed by atoms with Crippen LogP contribution in [-0.2, 0) is 0 Å². The third kappa shape index (κ3) is 2.72. The Morgan fingerprint density at radius 3 is 2.46 bits per heavy atom. The zero-order valence-electron chi connectivity index (χ0n) is 12.9. The van der Waals surface area contributed by atoms with Crippen molar-refractivity contribution in [2.45, 2.75) is 0 Å². The van der Waals surface area contributed by atoms with Crippen molar-refractivity contribution in [3.63, 3.8) is 0 Å². The molecule has 0 aliphatic heterocycles. The first-order valence-corrected chi connectivity index (χ1v) is 8.25. The molecule has 0 unspecified atom stereocenters. The highest BCUT2D eigenvalue weighted by molar-refractivity contribution is 9.10. The molecule has 0 saturated heterocycles. The van der Waals surface area contributed by atoms with Gasteiger partial charge in [0.25, 0.3) is 5.56 Å². The average Bonchev–Trinajstić information content (AvgIpc) is 2.58. The molecule has 0 bridgehead atoms. The summed E-state index contributed by atoms with van der Waals surface area (Å²) in [5.41, 5.74) is -0.448. The Morgan fingerprint density at radius 1 is 1.00 bits per heavy atom. The Labute approximate surface area is 152 Å². The number of nitrogens with zero attached hydrogens (tertiary/aromatic N) is 1. The lowest BCUT2D eigenvalue weighted by molar-refractivity contribution is 0.549. The number of benzene rings is 2. The molecule has 0 fully saturated rings. The molecule has 8 heteroatoms. The molecule has 4 rings (SSSR count). The molecule has 0 aliphatic carbocycles. The van der Waals surface area contributed by atoms with E-state index in [1.54, 1.807) is 24.3 Å². The smallest absolute Gasteiger partial charge is 0.256 e. The van der Waals surface area contributed by atoms with Crippen LogP contribution in [0.2, 0.25) is 0 Å². The van der Waals surface area contributed by atoms with Gasteiger partial charge in [0.1, 0.15) is 17.3 Å². The van der Waals surface area contributed by atoms with Crippen molar-refractivity contribution in [1.82, 2.24) is 9.97 Å². The van der Waals surface area contributed by atoms with E-state index in [0.717, 1.165) is 4.47 Å². The predicted octanol–water partition coefficient (Wildman–Crippen LogP) is 5.00. The largest absolute Gasteiger partial charge is 0.335 e. The van der Waals surface area contributed by atoms with Crippen molar-refractivity contribution in [2.75, 3.05) is 5.32 Å². The summed E-state index contributed by atoms with van der Waals surface area (Å²) < 4.78 is 41.9. The summed E-state index contributed by atoms with van der Waals surface area (Å²) in [6.07, 6.45) is 1.42. The molecule has 130 valence electrons. The molecule has 2 aromatic heterocycles. The number of fused-ring (bicyclic) bond motifs is 3. The zero-order valence-corrected chi connectivity index (χ0v) is 14.5. The van der Waals surface area contributed by atoms with Gasteiger partial charge in [0, 0.05) is 33.6 Å². The Morgan fingerprint density at radius 2 is 1.73 bits per heavy atom. The van der Waals surface area contributed by atoms with Gasteiger partial charge in [-0.25, -0.2) is 18.2 Å². The number of hydrogen-bond acceptors (Lipinski definition) is 3. The fraction of sp³-hybridized carbons (Fsp3) is 0. The second kappa shape index (κ2) is 6.14. The molecule has 0 saturated carbocycles. The van der Waals surface area contributed by atoms with E-state index in [-0.39, 0.29) is 11.4 Å². The number of hydrogen-bond donors (Lipinski definition) is 2. The van der Waals surface area contributed by atoms with Gasteiger partial charge >= 0.3 is 0 Å². The first-order chi connectivity index (χ1) is 12.4. The summed E-state index contributed by atoms with van der Waals surface area (Å²) in [5, 5.41) is 3.84. The second-order valence-electron chi connectivity index (χ2n) is 5.59. The maximum absolute atomic E-state index is 14.0. The first kappa shape index (κ1) is 16.6. The van der Waals surface area contributed by atoms with Crippen LogP contribution >= 0.6 is 15.9 Å². The topological polar surface area (TPSA) is 57.8 Å². The highest BCUT2D eigenvalue weighted by atomic mass is 79.9. The van der Waals surface area contributed by atoms with Gasteiger partial charge in [-0.1, -0.05) is 15.9 Å². The van der Waals surface area contributed by atoms with Gasteiger partial charge in [-0.2, -0.15) is 0 Å². The maximum atomic E-state index is 14.0. The van der Waals surface area contributed by atoms with Crippen molar-refractivity contribution in [2.24, 2.45) is 0 Å². The van der Waals surface area contributed by atoms with Crippen LogP contribution in [0.15, 0.2) is 51.9 Å². The molecule has 0 aliphatic rings. The Bertz CT molecular complexity index is 1220. The number of H-pyrrole nitrogens is 1. The third-order valence-electron chi connectivity index (χ3n) is 3.93. The van der Waals surface area contributed by atoms with Crippen molar-refractivity contribution >= 4 is 49.1 Å². The summed E-state index contributed by atoms with van der Waals surface area (Å²) in [5.74, 6) is -3.13. The van der Waals surface area contributed by atoms with E-state index in [0.29, 0.717) is 33.8 Å². The molecule has 0 radical (unpaired) electrons. The number of anilines is 2. The van der Waals surface area contributed by atoms with E-state index >= 15 is 0 Å². The summed E-state index contributed by atoms with van der Waals surface area (Å²) >= 11 is 3.35. The number of aromatic amines is 1. The standard InChI is InChI=1S/C18H9BrF3N3O/c19-8-1-2-14-11(5-8)15-10(3-4-23-18(15)26)17(24-14)25-16-12(21)6-9(20)7-13(16)22/h1-7H,(H,23,26)(H,24,25). The number of aromatic nitrogens is 2. The molecular formula is C18H9BrF3N3O. The van der Waals surface area contributed by atoms with Crippen molar-refractivity contribution in [1.29, 1.82) is 0 Å². The first-order valence-electron chi connectivity index (χ1n) is 7.46. The van der Waals surface area contributed by atoms with Crippen LogP contribution in [0, 0.1) is 17.5 Å². The van der Waals surface area contributed by atoms with Crippen LogP contribution in [0.5, 0.6) is 0 Å². The number of rotatable bonds is 2. The highest BCUT2D eigenvalue weighted by Gasteiger charge is 2.16. The lowest BCUT2D eigenvalue weighted by Crippen LogP contribution is -2.08. The lowest BCUT2D eigenvalue weighted by atomic mass is 10.1. The quantitative estimate of drug-likeness (QED) is 0.449. The molecule has 2 N–H and O–H groups in total. The molecule has 0 spiro atoms. The fourth-order valence-corrected chi connectivity index (χ4v) is 3.17. The van der Waals surface area contributed by atoms with E-state index in [2.05, 4.69) is 31.2 Å². The average molecular weight is 420 g/mol. The highest BCUT2D eigenvalue weighted by Crippen LogP contribution is 2.32. The van der Waals surface area contributed by atoms with Gasteiger partial charge in [-0.05, 0) is 24.3 Å². The monoisotopic (exact) mass is 419 g/mol. The maximum Gasteiger partial charge on any atom is 0.256 e. The summed E-state index contributed by atoms with van der Waals surface area (Å²) in [6, 6.07) is 7.86. The van der Waals surface area contributed by atoms with Crippen LogP contribution in [-0.4, -0.2) is 9.97 Å². The van der Waals surface area contributed by atoms with Gasteiger partial charge < -0.3 is 10.3 Å². The number of halogens is 4. The second-order valence-corrected chi connectivity index (χ2v) is 6.50. The van der Waals surface area contributed by atoms with Gasteiger partial charge in [0.15, 0.2) is 11.6 Å². The Hall–Kier alpha value is -2.87. The van der Waals surface area contributed by atoms with Crippen molar-refractivity contribution in [3.8, 4) is 0 Å². The molecule has 0 atom stereocenters. The van der Waals surface area contributed by atoms with E-state index in [1.165, 1.54) is 6.20 Å². The Kier molecular flexibility index (Phi) is 3.91. The predicted molar refractivity (Wildman–Crippen MR) is 97.2 cm³/mol. The summed E-state index contributed by atoms with van der Waals surface area (Å²) in [6.45, 7) is 0. The fourth-order valence-electron chi connectivity index (χ4n) is 2.81. The molecule has 2 aromatic carbocycles. The molecule has 4 aromatic rings. The lowest BCUT2D eigenvalue weighted by Gasteiger charge is -2.12. The minimum absolute atomic E-state index is 0.0883. The van der Waals surface area contributed by atoms with Crippen LogP contribution in [0.4, 0.5) is 24.7 Å². The zero-order chi connectivity index (χ0) is 18.4. The number of nitrogens with one attached hydrogen (secondary N) is 2. The molecular weight excluding hydrogens is 411 g/mol. The van der Waals surface area contributed by atoms with E-state index < -0.39 is 23.1 Å². The molecule has 0 amide bonds. The van der Waals surface area contributed by atoms with E-state index in [9.17, 15) is 18.0 Å². The van der Waals surface area contributed by atoms with Crippen molar-refractivity contribution < 1.29 is 13.2 Å². The van der Waals surface area contributed by atoms with Crippen LogP contribution in [0.3, 0.4) is 0 Å². The van der Waals surface area contributed by atoms with Gasteiger partial charge in [0.2, 0.25) is 0 Å². The van der Waals surface area contributed by atoms with Gasteiger partial charge in [-0.3, -0.25) is 4.79 Å². The minimum atomic E-state index is -1.10. The van der Waals surface area contributed by atoms with E-state index in [1.807, 2.05) is 0 Å². The SMILES string of the molecule is O=c1[nH]ccc2c(Nc3c(F)cc(F)cc3F)nc3ccc(Br)cc3c12. The van der Waals surface area contributed by atoms with Crippen LogP contribution < -0.4 is 10.9 Å². The van der Waals surface area contributed by atoms with Gasteiger partial charge in [0.05, 0.1) is 10.9 Å². The van der Waals surface area contributed by atoms with Gasteiger partial charge in [-0.15, -0.1) is 0 Å². The molecule has 2 heterocycles. The third-order valence-corrected chi connectivity index (χ3v) is 4.42. The normalized spacial score (nSPS) is 11.2. The van der Waals surface area contributed by atoms with Crippen LogP contribution in [0.25, 0.3) is 21.7 Å².